The van der Waals surface area contributed by atoms with E-state index in [0.717, 1.165) is 6.07 Å². The molecule has 43 heavy (non-hydrogen) atoms. The lowest BCUT2D eigenvalue weighted by molar-refractivity contribution is 1.40. The monoisotopic (exact) mass is 583 g/mol. The Balaban J connectivity index is 1.46. The van der Waals surface area contributed by atoms with Gasteiger partial charge in [0.05, 0.1) is 31.5 Å². The van der Waals surface area contributed by atoms with E-state index < -0.39 is 183 Å². The van der Waals surface area contributed by atoms with E-state index in [0.29, 0.717) is 11.8 Å². The highest BCUT2D eigenvalue weighted by Gasteiger charge is 2.21. The predicted octanol–water partition coefficient (Wildman–Crippen LogP) is 12.4. The number of benzene rings is 9. The highest BCUT2D eigenvalue weighted by atomic mass is 32.2. The van der Waals surface area contributed by atoms with Crippen LogP contribution in [0.5, 0.6) is 0 Å². The van der Waals surface area contributed by atoms with E-state index in [9.17, 15) is 9.60 Å². The molecule has 0 N–H and O–H groups in total. The van der Waals surface area contributed by atoms with E-state index in [2.05, 4.69) is 0 Å². The van der Waals surface area contributed by atoms with Crippen LogP contribution in [-0.2, 0) is 0 Å². The molecule has 0 atom stereocenters. The quantitative estimate of drug-likeness (QED) is 0.182. The molecule has 0 aliphatic carbocycles. The summed E-state index contributed by atoms with van der Waals surface area (Å²) in [4.78, 5) is -0.219. The predicted molar refractivity (Wildman–Crippen MR) is 186 cm³/mol. The molecule has 0 saturated carbocycles. The first-order valence-corrected chi connectivity index (χ1v) is 13.8. The molecule has 0 fully saturated rings. The Morgan fingerprint density at radius 3 is 1.79 bits per heavy atom. The van der Waals surface area contributed by atoms with Crippen molar-refractivity contribution in [2.45, 2.75) is 9.79 Å². The normalized spacial score (nSPS) is 20.0. The third-order valence-electron chi connectivity index (χ3n) is 7.59. The Bertz CT molecular complexity index is 3850. The zero-order valence-corrected chi connectivity index (χ0v) is 22.3. The first-order valence-electron chi connectivity index (χ1n) is 24.5. The minimum absolute atomic E-state index is 0.0542. The van der Waals surface area contributed by atoms with E-state index >= 15 is 0 Å². The Kier molecular flexibility index (Phi) is 2.14. The fraction of sp³-hybridized carbons (Fsp3) is 0. The summed E-state index contributed by atoms with van der Waals surface area (Å²) in [6, 6.07) is -14.9. The van der Waals surface area contributed by atoms with Crippen LogP contribution in [0.25, 0.3) is 87.2 Å². The Hall–Kier alpha value is -5.11. The summed E-state index contributed by atoms with van der Waals surface area (Å²) in [7, 11) is 0. The first kappa shape index (κ1) is 10.6. The fourth-order valence-corrected chi connectivity index (χ4v) is 6.71. The third-order valence-corrected chi connectivity index (χ3v) is 8.61. The molecule has 0 aromatic heterocycles. The Labute approximate surface area is 285 Å². The third kappa shape index (κ3) is 3.29. The van der Waals surface area contributed by atoms with E-state index in [1.807, 2.05) is 0 Å². The van der Waals surface area contributed by atoms with Crippen molar-refractivity contribution in [3.8, 4) is 33.4 Å². The van der Waals surface area contributed by atoms with Crippen LogP contribution >= 0.6 is 11.8 Å². The van der Waals surface area contributed by atoms with Crippen molar-refractivity contribution in [3.05, 3.63) is 145 Å². The molecule has 9 aromatic carbocycles. The smallest absolute Gasteiger partial charge is 0.0636 e. The van der Waals surface area contributed by atoms with Crippen molar-refractivity contribution in [3.63, 3.8) is 0 Å². The molecule has 0 saturated heterocycles. The maximum absolute atomic E-state index is 9.82. The van der Waals surface area contributed by atoms with Crippen LogP contribution in [0.4, 0.5) is 0 Å². The second-order valence-corrected chi connectivity index (χ2v) is 10.9. The molecule has 198 valence electrons. The van der Waals surface area contributed by atoms with Crippen LogP contribution in [-0.4, -0.2) is 0 Å². The van der Waals surface area contributed by atoms with Gasteiger partial charge in [-0.25, -0.2) is 0 Å². The van der Waals surface area contributed by atoms with Gasteiger partial charge in [0.15, 0.2) is 0 Å². The van der Waals surface area contributed by atoms with Crippen molar-refractivity contribution in [2.75, 3.05) is 0 Å². The van der Waals surface area contributed by atoms with Gasteiger partial charge in [0.1, 0.15) is 0 Å². The molecule has 1 heterocycles. The minimum atomic E-state index is -0.866. The van der Waals surface area contributed by atoms with Crippen LogP contribution in [0.1, 0.15) is 31.5 Å². The maximum atomic E-state index is 9.82. The molecule has 0 bridgehead atoms. The van der Waals surface area contributed by atoms with Gasteiger partial charge in [-0.3, -0.25) is 0 Å². The van der Waals surface area contributed by atoms with Crippen molar-refractivity contribution < 1.29 is 31.5 Å². The lowest BCUT2D eigenvalue weighted by Crippen LogP contribution is -1.94. The number of hydrogen-bond acceptors (Lipinski definition) is 1. The molecule has 1 aliphatic heterocycles. The number of rotatable bonds is 2. The minimum Gasteiger partial charge on any atom is -0.0888 e. The van der Waals surface area contributed by atoms with E-state index in [4.69, 9.17) is 21.9 Å². The average molecular weight is 584 g/mol. The van der Waals surface area contributed by atoms with Gasteiger partial charge in [-0.15, -0.1) is 0 Å². The molecule has 0 spiro atoms. The van der Waals surface area contributed by atoms with Crippen LogP contribution in [0.2, 0.25) is 0 Å². The number of fused-ring (bicyclic) bond motifs is 3. The molecule has 1 aliphatic rings. The van der Waals surface area contributed by atoms with E-state index in [1.54, 1.807) is 0 Å². The van der Waals surface area contributed by atoms with Crippen LogP contribution in [0, 0.1) is 0 Å². The van der Waals surface area contributed by atoms with Crippen molar-refractivity contribution in [2.24, 2.45) is 0 Å². The topological polar surface area (TPSA) is 0 Å². The molecule has 0 amide bonds. The summed E-state index contributed by atoms with van der Waals surface area (Å²) in [6.07, 6.45) is 0. The molecule has 0 radical (unpaired) electrons. The van der Waals surface area contributed by atoms with Gasteiger partial charge in [-0.1, -0.05) is 139 Å². The Morgan fingerprint density at radius 2 is 0.977 bits per heavy atom. The van der Waals surface area contributed by atoms with Crippen LogP contribution in [0.15, 0.2) is 155 Å². The average Bonchev–Trinajstić information content (AvgIpc) is 3.28. The molecule has 0 nitrogen and oxygen atoms in total. The van der Waals surface area contributed by atoms with Gasteiger partial charge in [0, 0.05) is 15.2 Å². The zero-order chi connectivity index (χ0) is 48.1. The summed E-state index contributed by atoms with van der Waals surface area (Å²) >= 11 is 0.689. The standard InChI is InChI=1S/C42H24S/c1-6-27-16-17-29-18-21-32(35-22-19-28(7-1)39(27)42(29)35)33-13-3-9-25-8-2-12-31(40(25)33)30-20-23-37-36(24-30)34-14-4-10-26-11-5-15-38(43-37)41(26)34/h1-24H/i1D,2D,3D,4D,5D,6D,7D,8D,9D,10D,11D,13D,14D,15D,16D,17D,18D,19D,20D,21D,22D,23D,24D. The first-order chi connectivity index (χ1) is 30.9. The molecule has 10 rings (SSSR count). The lowest BCUT2D eigenvalue weighted by Gasteiger charge is -2.21. The van der Waals surface area contributed by atoms with Crippen LogP contribution in [0.3, 0.4) is 0 Å². The second kappa shape index (κ2) is 8.70. The second-order valence-electron chi connectivity index (χ2n) is 9.84. The van der Waals surface area contributed by atoms with Crippen molar-refractivity contribution in [1.29, 1.82) is 0 Å². The van der Waals surface area contributed by atoms with Gasteiger partial charge in [0.25, 0.3) is 0 Å². The van der Waals surface area contributed by atoms with Crippen molar-refractivity contribution in [1.82, 2.24) is 0 Å². The Morgan fingerprint density at radius 1 is 0.372 bits per heavy atom. The maximum Gasteiger partial charge on any atom is 0.0636 e. The summed E-state index contributed by atoms with van der Waals surface area (Å²) in [6.45, 7) is 0. The van der Waals surface area contributed by atoms with Gasteiger partial charge < -0.3 is 0 Å². The van der Waals surface area contributed by atoms with Crippen molar-refractivity contribution >= 4 is 65.6 Å². The largest absolute Gasteiger partial charge is 0.0888 e. The highest BCUT2D eigenvalue weighted by molar-refractivity contribution is 7.99. The van der Waals surface area contributed by atoms with E-state index in [-0.39, 0.29) is 53.2 Å². The van der Waals surface area contributed by atoms with Gasteiger partial charge >= 0.3 is 0 Å². The summed E-state index contributed by atoms with van der Waals surface area (Å²) in [5.74, 6) is 0. The zero-order valence-electron chi connectivity index (χ0n) is 44.5. The highest BCUT2D eigenvalue weighted by Crippen LogP contribution is 2.50. The summed E-state index contributed by atoms with van der Waals surface area (Å²) in [5, 5.41) is -3.37. The molecule has 9 aromatic rings. The SMILES string of the molecule is [2H]c1cc(-c2c([2H])c([2H])c3c(c2[2H])-c2c([2H])c([2H])c([2H])c4c([2H])c([2H])c([2H])c(c24)S3)c2c(-c3c([2H])c([2H])c4c([2H])c([2H])c5c([2H])c([2H])c([2H])c6c([2H])c([2H])c3c4c56)c([2H])c([2H])c([2H])c2c1[2H]. The molecule has 1 heteroatoms. The van der Waals surface area contributed by atoms with E-state index in [1.165, 1.54) is 0 Å². The van der Waals surface area contributed by atoms with Gasteiger partial charge in [-0.2, -0.15) is 0 Å². The molecular formula is C42H24S. The van der Waals surface area contributed by atoms with Gasteiger partial charge in [0.2, 0.25) is 0 Å². The lowest BCUT2D eigenvalue weighted by atomic mass is 9.86. The summed E-state index contributed by atoms with van der Waals surface area (Å²) < 4.78 is 208. The molecule has 0 unspecified atom stereocenters. The molecular weight excluding hydrogens is 537 g/mol. The number of hydrogen-bond donors (Lipinski definition) is 0. The summed E-state index contributed by atoms with van der Waals surface area (Å²) in [5.41, 5.74) is -2.56. The van der Waals surface area contributed by atoms with Crippen LogP contribution < -0.4 is 0 Å². The van der Waals surface area contributed by atoms with Gasteiger partial charge in [-0.05, 0) is 100.0 Å². The fourth-order valence-electron chi connectivity index (χ4n) is 5.74.